The highest BCUT2D eigenvalue weighted by atomic mass is 14.7. The number of fused-ring (bicyclic) bond motifs is 4. The molecular formula is C54H39N. The maximum atomic E-state index is 4.93. The van der Waals surface area contributed by atoms with Crippen molar-refractivity contribution in [2.75, 3.05) is 0 Å². The van der Waals surface area contributed by atoms with Crippen molar-refractivity contribution in [1.29, 1.82) is 0 Å². The SMILES string of the molecule is Cc1cc(C)c(-c2ccc(-c3c4ccccc4c(-c4ccc(-c5ccc(-c6cccc7ccccc67)nc5)cc4)c4ccccc34)c3ccccc23)c(C)c1. The summed E-state index contributed by atoms with van der Waals surface area (Å²) >= 11 is 0. The van der Waals surface area contributed by atoms with Gasteiger partial charge < -0.3 is 0 Å². The Morgan fingerprint density at radius 1 is 0.327 bits per heavy atom. The summed E-state index contributed by atoms with van der Waals surface area (Å²) in [6.07, 6.45) is 2.00. The van der Waals surface area contributed by atoms with Crippen molar-refractivity contribution in [2.45, 2.75) is 20.8 Å². The molecule has 0 aliphatic rings. The van der Waals surface area contributed by atoms with E-state index in [1.807, 2.05) is 6.20 Å². The Labute approximate surface area is 322 Å². The minimum Gasteiger partial charge on any atom is -0.256 e. The fourth-order valence-corrected chi connectivity index (χ4v) is 9.07. The zero-order valence-electron chi connectivity index (χ0n) is 31.3. The summed E-state index contributed by atoms with van der Waals surface area (Å²) in [6, 6.07) is 64.4. The van der Waals surface area contributed by atoms with Gasteiger partial charge in [0, 0.05) is 17.3 Å². The monoisotopic (exact) mass is 701 g/mol. The number of aryl methyl sites for hydroxylation is 3. The van der Waals surface area contributed by atoms with E-state index in [1.165, 1.54) is 93.2 Å². The lowest BCUT2D eigenvalue weighted by Gasteiger charge is -2.20. The molecule has 1 heteroatoms. The summed E-state index contributed by atoms with van der Waals surface area (Å²) in [6.45, 7) is 6.66. The van der Waals surface area contributed by atoms with E-state index < -0.39 is 0 Å². The van der Waals surface area contributed by atoms with Crippen LogP contribution in [0.1, 0.15) is 16.7 Å². The number of rotatable bonds is 5. The highest BCUT2D eigenvalue weighted by Crippen LogP contribution is 2.47. The molecule has 0 bridgehead atoms. The smallest absolute Gasteiger partial charge is 0.0708 e. The molecule has 9 aromatic carbocycles. The van der Waals surface area contributed by atoms with E-state index in [1.54, 1.807) is 0 Å². The van der Waals surface area contributed by atoms with Crippen LogP contribution in [0.25, 0.3) is 98.9 Å². The van der Waals surface area contributed by atoms with Crippen molar-refractivity contribution in [3.63, 3.8) is 0 Å². The Morgan fingerprint density at radius 3 is 1.38 bits per heavy atom. The molecule has 0 fully saturated rings. The first-order chi connectivity index (χ1) is 27.0. The Balaban J connectivity index is 1.10. The van der Waals surface area contributed by atoms with E-state index in [0.717, 1.165) is 22.4 Å². The average molecular weight is 702 g/mol. The second-order valence-electron chi connectivity index (χ2n) is 14.9. The van der Waals surface area contributed by atoms with Gasteiger partial charge >= 0.3 is 0 Å². The van der Waals surface area contributed by atoms with Gasteiger partial charge in [0.15, 0.2) is 0 Å². The number of aromatic nitrogens is 1. The molecule has 260 valence electrons. The zero-order valence-corrected chi connectivity index (χ0v) is 31.3. The fraction of sp³-hybridized carbons (Fsp3) is 0.0556. The highest BCUT2D eigenvalue weighted by Gasteiger charge is 2.20. The van der Waals surface area contributed by atoms with Crippen LogP contribution in [0.5, 0.6) is 0 Å². The number of benzene rings is 9. The maximum absolute atomic E-state index is 4.93. The first-order valence-corrected chi connectivity index (χ1v) is 19.1. The lowest BCUT2D eigenvalue weighted by molar-refractivity contribution is 1.32. The summed E-state index contributed by atoms with van der Waals surface area (Å²) < 4.78 is 0. The van der Waals surface area contributed by atoms with Gasteiger partial charge in [-0.1, -0.05) is 175 Å². The molecule has 0 aliphatic heterocycles. The summed E-state index contributed by atoms with van der Waals surface area (Å²) in [5.41, 5.74) is 16.0. The minimum absolute atomic E-state index is 0.984. The lowest BCUT2D eigenvalue weighted by atomic mass is 9.83. The van der Waals surface area contributed by atoms with Crippen molar-refractivity contribution < 1.29 is 0 Å². The molecule has 0 radical (unpaired) electrons. The fourth-order valence-electron chi connectivity index (χ4n) is 9.07. The topological polar surface area (TPSA) is 12.9 Å². The maximum Gasteiger partial charge on any atom is 0.0708 e. The van der Waals surface area contributed by atoms with Crippen molar-refractivity contribution >= 4 is 43.1 Å². The molecule has 0 unspecified atom stereocenters. The standard InChI is InChI=1S/C54H39N/c1-34-31-35(2)52(36(3)32-34)49-28-29-50(43-17-7-6-16-42(43)49)54-47-20-10-8-18-45(47)53(46-19-9-11-21-48(46)54)39-25-23-37(24-26-39)40-27-30-51(55-33-40)44-22-12-14-38-13-4-5-15-41(38)44/h4-33H,1-3H3. The molecule has 0 spiro atoms. The van der Waals surface area contributed by atoms with Crippen LogP contribution < -0.4 is 0 Å². The molecule has 55 heavy (non-hydrogen) atoms. The van der Waals surface area contributed by atoms with Crippen LogP contribution in [0, 0.1) is 20.8 Å². The van der Waals surface area contributed by atoms with E-state index in [0.29, 0.717) is 0 Å². The van der Waals surface area contributed by atoms with Crippen LogP contribution in [0.4, 0.5) is 0 Å². The number of nitrogens with zero attached hydrogens (tertiary/aromatic N) is 1. The van der Waals surface area contributed by atoms with Gasteiger partial charge in [-0.25, -0.2) is 0 Å². The Morgan fingerprint density at radius 2 is 0.800 bits per heavy atom. The molecule has 0 atom stereocenters. The predicted molar refractivity (Wildman–Crippen MR) is 236 cm³/mol. The van der Waals surface area contributed by atoms with E-state index in [9.17, 15) is 0 Å². The van der Waals surface area contributed by atoms with E-state index >= 15 is 0 Å². The molecule has 0 aliphatic carbocycles. The van der Waals surface area contributed by atoms with Gasteiger partial charge in [-0.2, -0.15) is 0 Å². The molecule has 10 aromatic rings. The molecule has 1 aromatic heterocycles. The minimum atomic E-state index is 0.984. The largest absolute Gasteiger partial charge is 0.256 e. The number of pyridine rings is 1. The van der Waals surface area contributed by atoms with Gasteiger partial charge in [-0.15, -0.1) is 0 Å². The van der Waals surface area contributed by atoms with Crippen LogP contribution in [0.2, 0.25) is 0 Å². The van der Waals surface area contributed by atoms with Gasteiger partial charge in [0.1, 0.15) is 0 Å². The molecular weight excluding hydrogens is 663 g/mol. The quantitative estimate of drug-likeness (QED) is 0.163. The number of hydrogen-bond acceptors (Lipinski definition) is 1. The van der Waals surface area contributed by atoms with Crippen LogP contribution in [-0.4, -0.2) is 4.98 Å². The summed E-state index contributed by atoms with van der Waals surface area (Å²) in [5.74, 6) is 0. The third-order valence-corrected chi connectivity index (χ3v) is 11.4. The molecule has 0 saturated heterocycles. The van der Waals surface area contributed by atoms with E-state index in [-0.39, 0.29) is 0 Å². The van der Waals surface area contributed by atoms with Crippen molar-refractivity contribution in [2.24, 2.45) is 0 Å². The lowest BCUT2D eigenvalue weighted by Crippen LogP contribution is -1.94. The molecule has 10 rings (SSSR count). The van der Waals surface area contributed by atoms with Gasteiger partial charge in [-0.05, 0) is 120 Å². The van der Waals surface area contributed by atoms with Gasteiger partial charge in [-0.3, -0.25) is 4.98 Å². The van der Waals surface area contributed by atoms with Crippen LogP contribution >= 0.6 is 0 Å². The van der Waals surface area contributed by atoms with Crippen molar-refractivity contribution in [3.8, 4) is 55.8 Å². The Bertz CT molecular complexity index is 3010. The molecule has 0 saturated carbocycles. The summed E-state index contributed by atoms with van der Waals surface area (Å²) in [5, 5.41) is 10.0. The summed E-state index contributed by atoms with van der Waals surface area (Å²) in [7, 11) is 0. The van der Waals surface area contributed by atoms with Gasteiger partial charge in [0.05, 0.1) is 5.69 Å². The normalized spacial score (nSPS) is 11.5. The van der Waals surface area contributed by atoms with Crippen LogP contribution in [-0.2, 0) is 0 Å². The molecule has 0 N–H and O–H groups in total. The number of hydrogen-bond donors (Lipinski definition) is 0. The highest BCUT2D eigenvalue weighted by molar-refractivity contribution is 6.24. The molecule has 1 nitrogen and oxygen atoms in total. The first kappa shape index (κ1) is 32.8. The first-order valence-electron chi connectivity index (χ1n) is 19.1. The van der Waals surface area contributed by atoms with Gasteiger partial charge in [0.2, 0.25) is 0 Å². The second-order valence-corrected chi connectivity index (χ2v) is 14.9. The zero-order chi connectivity index (χ0) is 37.0. The second kappa shape index (κ2) is 13.2. The van der Waals surface area contributed by atoms with Crippen LogP contribution in [0.15, 0.2) is 182 Å². The van der Waals surface area contributed by atoms with Crippen LogP contribution in [0.3, 0.4) is 0 Å². The Kier molecular flexibility index (Phi) is 7.89. The average Bonchev–Trinajstić information content (AvgIpc) is 3.22. The Hall–Kier alpha value is -6.83. The van der Waals surface area contributed by atoms with E-state index in [4.69, 9.17) is 4.98 Å². The van der Waals surface area contributed by atoms with Gasteiger partial charge in [0.25, 0.3) is 0 Å². The third kappa shape index (κ3) is 5.51. The predicted octanol–water partition coefficient (Wildman–Crippen LogP) is 15.0. The van der Waals surface area contributed by atoms with E-state index in [2.05, 4.69) is 197 Å². The van der Waals surface area contributed by atoms with Crippen molar-refractivity contribution in [1.82, 2.24) is 4.98 Å². The molecule has 1 heterocycles. The molecule has 0 amide bonds. The van der Waals surface area contributed by atoms with Crippen molar-refractivity contribution in [3.05, 3.63) is 199 Å². The summed E-state index contributed by atoms with van der Waals surface area (Å²) in [4.78, 5) is 4.93. The third-order valence-electron chi connectivity index (χ3n) is 11.4.